The van der Waals surface area contributed by atoms with E-state index in [1.807, 2.05) is 4.90 Å². The van der Waals surface area contributed by atoms with Gasteiger partial charge in [0.05, 0.1) is 10.5 Å². The average Bonchev–Trinajstić information content (AvgIpc) is 3.20. The van der Waals surface area contributed by atoms with Crippen LogP contribution < -0.4 is 5.32 Å². The van der Waals surface area contributed by atoms with Gasteiger partial charge in [-0.05, 0) is 56.1 Å². The molecular weight excluding hydrogens is 496 g/mol. The van der Waals surface area contributed by atoms with Gasteiger partial charge < -0.3 is 15.1 Å². The highest BCUT2D eigenvalue weighted by Crippen LogP contribution is 2.38. The SMILES string of the molecule is CCCN(CCC)C(=O)c1c(NC(=O)c2ccc(S(=O)(=O)N(CC)CC)cc2)sc2c1CCN(C)C2. The molecule has 0 saturated carbocycles. The zero-order valence-electron chi connectivity index (χ0n) is 22.0. The summed E-state index contributed by atoms with van der Waals surface area (Å²) >= 11 is 1.46. The highest BCUT2D eigenvalue weighted by molar-refractivity contribution is 7.89. The predicted octanol–water partition coefficient (Wildman–Crippen LogP) is 4.28. The fraction of sp³-hybridized carbons (Fsp3) is 0.538. The molecule has 2 aromatic rings. The van der Waals surface area contributed by atoms with E-state index in [4.69, 9.17) is 0 Å². The van der Waals surface area contributed by atoms with Crippen molar-refractivity contribution in [1.29, 1.82) is 0 Å². The molecule has 1 N–H and O–H groups in total. The maximum atomic E-state index is 13.7. The molecule has 1 aliphatic heterocycles. The van der Waals surface area contributed by atoms with Gasteiger partial charge in [-0.1, -0.05) is 27.7 Å². The molecule has 0 fully saturated rings. The van der Waals surface area contributed by atoms with Gasteiger partial charge in [-0.15, -0.1) is 11.3 Å². The van der Waals surface area contributed by atoms with Crippen molar-refractivity contribution in [2.24, 2.45) is 0 Å². The molecule has 0 atom stereocenters. The van der Waals surface area contributed by atoms with Crippen LogP contribution in [-0.2, 0) is 23.0 Å². The first-order valence-electron chi connectivity index (χ1n) is 12.7. The van der Waals surface area contributed by atoms with Crippen LogP contribution in [0.1, 0.15) is 71.7 Å². The third-order valence-corrected chi connectivity index (χ3v) is 9.62. The van der Waals surface area contributed by atoms with Crippen LogP contribution in [0.3, 0.4) is 0 Å². The van der Waals surface area contributed by atoms with Crippen LogP contribution in [0.2, 0.25) is 0 Å². The summed E-state index contributed by atoms with van der Waals surface area (Å²) in [6.07, 6.45) is 2.50. The average molecular weight is 535 g/mol. The van der Waals surface area contributed by atoms with Gasteiger partial charge in [0.2, 0.25) is 10.0 Å². The zero-order valence-corrected chi connectivity index (χ0v) is 23.6. The third kappa shape index (κ3) is 5.99. The molecule has 0 aliphatic carbocycles. The van der Waals surface area contributed by atoms with Crippen molar-refractivity contribution in [3.8, 4) is 0 Å². The van der Waals surface area contributed by atoms with Crippen LogP contribution in [0.15, 0.2) is 29.2 Å². The van der Waals surface area contributed by atoms with Crippen molar-refractivity contribution in [1.82, 2.24) is 14.1 Å². The molecule has 2 heterocycles. The molecule has 0 bridgehead atoms. The van der Waals surface area contributed by atoms with E-state index in [0.29, 0.717) is 42.3 Å². The Bertz CT molecular complexity index is 1170. The Morgan fingerprint density at radius 3 is 2.19 bits per heavy atom. The van der Waals surface area contributed by atoms with Crippen LogP contribution in [-0.4, -0.2) is 74.1 Å². The summed E-state index contributed by atoms with van der Waals surface area (Å²) in [5.74, 6) is -0.392. The van der Waals surface area contributed by atoms with Crippen molar-refractivity contribution >= 4 is 38.2 Å². The molecule has 0 saturated heterocycles. The zero-order chi connectivity index (χ0) is 26.5. The molecule has 198 valence electrons. The fourth-order valence-corrected chi connectivity index (χ4v) is 7.30. The summed E-state index contributed by atoms with van der Waals surface area (Å²) < 4.78 is 26.9. The van der Waals surface area contributed by atoms with E-state index in [2.05, 4.69) is 31.1 Å². The van der Waals surface area contributed by atoms with E-state index in [1.165, 1.54) is 39.9 Å². The Hall–Kier alpha value is -2.27. The van der Waals surface area contributed by atoms with E-state index in [9.17, 15) is 18.0 Å². The van der Waals surface area contributed by atoms with Gasteiger partial charge in [0.15, 0.2) is 0 Å². The second-order valence-corrected chi connectivity index (χ2v) is 12.1. The molecule has 10 heteroatoms. The van der Waals surface area contributed by atoms with E-state index < -0.39 is 10.0 Å². The van der Waals surface area contributed by atoms with Crippen LogP contribution in [0.4, 0.5) is 5.00 Å². The molecule has 1 aliphatic rings. The fourth-order valence-electron chi connectivity index (χ4n) is 4.52. The first kappa shape index (κ1) is 28.3. The minimum atomic E-state index is -3.60. The first-order chi connectivity index (χ1) is 17.2. The number of benzene rings is 1. The van der Waals surface area contributed by atoms with Gasteiger partial charge in [0.1, 0.15) is 5.00 Å². The lowest BCUT2D eigenvalue weighted by atomic mass is 10.0. The van der Waals surface area contributed by atoms with Crippen LogP contribution in [0.25, 0.3) is 0 Å². The predicted molar refractivity (Wildman–Crippen MR) is 145 cm³/mol. The maximum Gasteiger partial charge on any atom is 0.257 e. The number of fused-ring (bicyclic) bond motifs is 1. The number of nitrogens with one attached hydrogen (secondary N) is 1. The lowest BCUT2D eigenvalue weighted by Crippen LogP contribution is -2.34. The summed E-state index contributed by atoms with van der Waals surface area (Å²) in [7, 11) is -1.55. The molecular formula is C26H38N4O4S2. The number of carbonyl (C=O) groups excluding carboxylic acids is 2. The summed E-state index contributed by atoms with van der Waals surface area (Å²) in [4.78, 5) is 32.2. The van der Waals surface area contributed by atoms with Gasteiger partial charge in [-0.3, -0.25) is 9.59 Å². The standard InChI is InChI=1S/C26H38N4O4S2/c1-6-15-29(16-7-2)26(32)23-21-14-17-28(5)18-22(21)35-25(23)27-24(31)19-10-12-20(13-11-19)36(33,34)30(8-3)9-4/h10-13H,6-9,14-18H2,1-5H3,(H,27,31). The normalized spacial score (nSPS) is 14.1. The van der Waals surface area contributed by atoms with Crippen LogP contribution in [0.5, 0.6) is 0 Å². The number of nitrogens with zero attached hydrogens (tertiary/aromatic N) is 3. The Morgan fingerprint density at radius 1 is 1.03 bits per heavy atom. The molecule has 0 radical (unpaired) electrons. The second-order valence-electron chi connectivity index (χ2n) is 9.06. The van der Waals surface area contributed by atoms with E-state index >= 15 is 0 Å². The summed E-state index contributed by atoms with van der Waals surface area (Å²) in [6, 6.07) is 5.98. The number of carbonyl (C=O) groups is 2. The Balaban J connectivity index is 1.91. The maximum absolute atomic E-state index is 13.7. The number of amides is 2. The number of hydrogen-bond donors (Lipinski definition) is 1. The van der Waals surface area contributed by atoms with Gasteiger partial charge in [0, 0.05) is 49.7 Å². The van der Waals surface area contributed by atoms with Crippen molar-refractivity contribution in [2.75, 3.05) is 45.1 Å². The molecule has 0 spiro atoms. The molecule has 1 aromatic carbocycles. The van der Waals surface area contributed by atoms with E-state index in [1.54, 1.807) is 13.8 Å². The van der Waals surface area contributed by atoms with Crippen molar-refractivity contribution < 1.29 is 18.0 Å². The third-order valence-electron chi connectivity index (χ3n) is 6.42. The van der Waals surface area contributed by atoms with Crippen LogP contribution in [0, 0.1) is 0 Å². The van der Waals surface area contributed by atoms with Gasteiger partial charge in [0.25, 0.3) is 11.8 Å². The van der Waals surface area contributed by atoms with Crippen molar-refractivity contribution in [2.45, 2.75) is 58.4 Å². The topological polar surface area (TPSA) is 90.0 Å². The Morgan fingerprint density at radius 2 is 1.64 bits per heavy atom. The van der Waals surface area contributed by atoms with Gasteiger partial charge >= 0.3 is 0 Å². The van der Waals surface area contributed by atoms with Crippen LogP contribution >= 0.6 is 11.3 Å². The van der Waals surface area contributed by atoms with E-state index in [0.717, 1.165) is 42.8 Å². The molecule has 3 rings (SSSR count). The van der Waals surface area contributed by atoms with Gasteiger partial charge in [-0.25, -0.2) is 8.42 Å². The number of sulfonamides is 1. The Kier molecular flexibility index (Phi) is 9.68. The quantitative estimate of drug-likeness (QED) is 0.465. The minimum Gasteiger partial charge on any atom is -0.339 e. The molecule has 8 nitrogen and oxygen atoms in total. The second kappa shape index (κ2) is 12.3. The number of hydrogen-bond acceptors (Lipinski definition) is 6. The number of anilines is 1. The largest absolute Gasteiger partial charge is 0.339 e. The number of thiophene rings is 1. The highest BCUT2D eigenvalue weighted by Gasteiger charge is 2.30. The first-order valence-corrected chi connectivity index (χ1v) is 15.0. The smallest absolute Gasteiger partial charge is 0.257 e. The summed E-state index contributed by atoms with van der Waals surface area (Å²) in [5.41, 5.74) is 1.99. The van der Waals surface area contributed by atoms with E-state index in [-0.39, 0.29) is 16.7 Å². The summed E-state index contributed by atoms with van der Waals surface area (Å²) in [6.45, 7) is 11.4. The number of rotatable bonds is 11. The molecule has 36 heavy (non-hydrogen) atoms. The Labute approximate surface area is 219 Å². The minimum absolute atomic E-state index is 0.0308. The summed E-state index contributed by atoms with van der Waals surface area (Å²) in [5, 5.41) is 3.55. The monoisotopic (exact) mass is 534 g/mol. The molecule has 2 amide bonds. The highest BCUT2D eigenvalue weighted by atomic mass is 32.2. The van der Waals surface area contributed by atoms with Crippen molar-refractivity contribution in [3.63, 3.8) is 0 Å². The number of likely N-dealkylation sites (N-methyl/N-ethyl adjacent to an activating group) is 1. The lowest BCUT2D eigenvalue weighted by Gasteiger charge is -2.25. The molecule has 0 unspecified atom stereocenters. The van der Waals surface area contributed by atoms with Gasteiger partial charge in [-0.2, -0.15) is 4.31 Å². The lowest BCUT2D eigenvalue weighted by molar-refractivity contribution is 0.0755. The van der Waals surface area contributed by atoms with Crippen molar-refractivity contribution in [3.05, 3.63) is 45.8 Å². The molecule has 1 aromatic heterocycles.